The number of carboxylic acid groups (broad SMARTS) is 1. The van der Waals surface area contributed by atoms with Crippen LogP contribution in [0.25, 0.3) is 0 Å². The van der Waals surface area contributed by atoms with Crippen LogP contribution < -0.4 is 21.7 Å². The molecule has 1 rings (SSSR count). The number of aromatic nitrogens is 2. The number of amides is 3. The zero-order valence-corrected chi connectivity index (χ0v) is 18.4. The number of hydrogen-bond acceptors (Lipinski definition) is 8. The molecule has 3 amide bonds. The molecule has 0 aliphatic carbocycles. The smallest absolute Gasteiger partial charge is 0.328 e. The molecule has 0 bridgehead atoms. The number of carbonyl (C=O) groups is 4. The quantitative estimate of drug-likeness (QED) is 0.174. The lowest BCUT2D eigenvalue weighted by Gasteiger charge is -2.24. The lowest BCUT2D eigenvalue weighted by Crippen LogP contribution is -2.57. The van der Waals surface area contributed by atoms with Crippen LogP contribution >= 0.6 is 11.8 Å². The number of carbonyl (C=O) groups excluding carboxylic acids is 3. The average Bonchev–Trinajstić information content (AvgIpc) is 3.20. The highest BCUT2D eigenvalue weighted by atomic mass is 32.2. The summed E-state index contributed by atoms with van der Waals surface area (Å²) in [6, 6.07) is -4.46. The van der Waals surface area contributed by atoms with E-state index in [0.717, 1.165) is 0 Å². The molecule has 0 aromatic carbocycles. The molecule has 31 heavy (non-hydrogen) atoms. The van der Waals surface area contributed by atoms with Crippen molar-refractivity contribution in [3.8, 4) is 0 Å². The van der Waals surface area contributed by atoms with Crippen LogP contribution in [0, 0.1) is 0 Å². The molecule has 0 saturated heterocycles. The minimum Gasteiger partial charge on any atom is -0.480 e. The predicted octanol–water partition coefficient (Wildman–Crippen LogP) is -2.03. The molecule has 12 nitrogen and oxygen atoms in total. The van der Waals surface area contributed by atoms with Crippen molar-refractivity contribution in [2.45, 2.75) is 57.0 Å². The van der Waals surface area contributed by atoms with Gasteiger partial charge in [-0.2, -0.15) is 11.8 Å². The largest absolute Gasteiger partial charge is 0.480 e. The van der Waals surface area contributed by atoms with E-state index in [1.165, 1.54) is 31.9 Å². The summed E-state index contributed by atoms with van der Waals surface area (Å²) in [5.41, 5.74) is 6.58. The summed E-state index contributed by atoms with van der Waals surface area (Å²) in [6.45, 7) is 2.59. The van der Waals surface area contributed by atoms with Crippen molar-refractivity contribution < 1.29 is 29.4 Å². The molecule has 8 N–H and O–H groups in total. The highest BCUT2D eigenvalue weighted by molar-refractivity contribution is 7.98. The molecule has 13 heteroatoms. The summed E-state index contributed by atoms with van der Waals surface area (Å²) in [5.74, 6) is -2.76. The zero-order valence-electron chi connectivity index (χ0n) is 17.6. The van der Waals surface area contributed by atoms with Crippen molar-refractivity contribution >= 4 is 35.5 Å². The molecule has 1 aromatic heterocycles. The monoisotopic (exact) mass is 458 g/mol. The Labute approximate surface area is 184 Å². The van der Waals surface area contributed by atoms with E-state index >= 15 is 0 Å². The van der Waals surface area contributed by atoms with Gasteiger partial charge < -0.3 is 36.9 Å². The van der Waals surface area contributed by atoms with E-state index in [4.69, 9.17) is 10.8 Å². The van der Waals surface area contributed by atoms with Crippen LogP contribution in [-0.4, -0.2) is 86.2 Å². The summed E-state index contributed by atoms with van der Waals surface area (Å²) < 4.78 is 0. The van der Waals surface area contributed by atoms with Gasteiger partial charge in [0.1, 0.15) is 12.1 Å². The number of hydrogen-bond donors (Lipinski definition) is 7. The molecule has 0 saturated carbocycles. The third kappa shape index (κ3) is 8.94. The molecule has 0 radical (unpaired) electrons. The third-order valence-corrected chi connectivity index (χ3v) is 5.02. The number of carboxylic acids is 1. The molecular weight excluding hydrogens is 428 g/mol. The van der Waals surface area contributed by atoms with Crippen molar-refractivity contribution in [3.05, 3.63) is 18.2 Å². The van der Waals surface area contributed by atoms with Crippen LogP contribution in [0.5, 0.6) is 0 Å². The first kappa shape index (κ1) is 26.4. The van der Waals surface area contributed by atoms with E-state index in [2.05, 4.69) is 25.9 Å². The van der Waals surface area contributed by atoms with E-state index in [0.29, 0.717) is 17.9 Å². The maximum atomic E-state index is 12.7. The Bertz CT molecular complexity index is 744. The molecule has 1 aromatic rings. The number of imidazole rings is 1. The van der Waals surface area contributed by atoms with Gasteiger partial charge in [-0.25, -0.2) is 9.78 Å². The van der Waals surface area contributed by atoms with Gasteiger partial charge in [-0.15, -0.1) is 0 Å². The molecule has 0 aliphatic heterocycles. The van der Waals surface area contributed by atoms with E-state index in [-0.39, 0.29) is 6.42 Å². The first-order valence-corrected chi connectivity index (χ1v) is 11.0. The van der Waals surface area contributed by atoms with Gasteiger partial charge in [0.05, 0.1) is 18.5 Å². The molecule has 1 heterocycles. The van der Waals surface area contributed by atoms with Gasteiger partial charge in [-0.3, -0.25) is 14.4 Å². The molecule has 5 atom stereocenters. The van der Waals surface area contributed by atoms with Gasteiger partial charge in [0.15, 0.2) is 6.04 Å². The van der Waals surface area contributed by atoms with Crippen molar-refractivity contribution in [2.24, 2.45) is 5.73 Å². The summed E-state index contributed by atoms with van der Waals surface area (Å²) in [6.07, 6.45) is 4.04. The predicted molar refractivity (Wildman–Crippen MR) is 114 cm³/mol. The fourth-order valence-corrected chi connectivity index (χ4v) is 3.03. The Morgan fingerprint density at radius 2 is 1.84 bits per heavy atom. The molecular formula is C18H30N6O6S. The van der Waals surface area contributed by atoms with Crippen LogP contribution in [0.2, 0.25) is 0 Å². The molecule has 5 unspecified atom stereocenters. The second-order valence-corrected chi connectivity index (χ2v) is 8.01. The van der Waals surface area contributed by atoms with Crippen LogP contribution in [-0.2, 0) is 25.6 Å². The van der Waals surface area contributed by atoms with E-state index in [9.17, 15) is 24.3 Å². The van der Waals surface area contributed by atoms with Crippen LogP contribution in [0.1, 0.15) is 26.0 Å². The Morgan fingerprint density at radius 3 is 2.35 bits per heavy atom. The highest BCUT2D eigenvalue weighted by Crippen LogP contribution is 2.04. The van der Waals surface area contributed by atoms with E-state index in [1.54, 1.807) is 6.20 Å². The van der Waals surface area contributed by atoms with Gasteiger partial charge in [0.2, 0.25) is 17.7 Å². The van der Waals surface area contributed by atoms with Gasteiger partial charge in [-0.1, -0.05) is 0 Å². The number of nitrogens with zero attached hydrogens (tertiary/aromatic N) is 1. The second-order valence-electron chi connectivity index (χ2n) is 7.03. The summed E-state index contributed by atoms with van der Waals surface area (Å²) in [4.78, 5) is 55.1. The Hall–Kier alpha value is -2.64. The number of aliphatic hydroxyl groups is 1. The topological polar surface area (TPSA) is 200 Å². The lowest BCUT2D eigenvalue weighted by atomic mass is 10.1. The summed E-state index contributed by atoms with van der Waals surface area (Å²) in [7, 11) is 0. The minimum atomic E-state index is -1.51. The first-order valence-electron chi connectivity index (χ1n) is 9.60. The Morgan fingerprint density at radius 1 is 1.16 bits per heavy atom. The molecule has 174 valence electrons. The number of aromatic amines is 1. The SMILES string of the molecule is CSCCC(NC(=O)C(N)Cc1cnc[nH]1)C(=O)NC(C)C(=O)NC(C(=O)O)C(C)O. The molecule has 0 fully saturated rings. The number of H-pyrrole nitrogens is 1. The number of thioether (sulfide) groups is 1. The van der Waals surface area contributed by atoms with Crippen LogP contribution in [0.4, 0.5) is 0 Å². The average molecular weight is 459 g/mol. The van der Waals surface area contributed by atoms with Crippen molar-refractivity contribution in [3.63, 3.8) is 0 Å². The fourth-order valence-electron chi connectivity index (χ4n) is 2.56. The van der Waals surface area contributed by atoms with E-state index < -0.39 is 54.0 Å². The minimum absolute atomic E-state index is 0.206. The maximum Gasteiger partial charge on any atom is 0.328 e. The standard InChI is InChI=1S/C18H30N6O6S/c1-9(15(26)24-14(10(2)25)18(29)30)22-17(28)13(4-5-31-3)23-16(27)12(19)6-11-7-20-8-21-11/h7-10,12-14,25H,4-6,19H2,1-3H3,(H,20,21)(H,22,28)(H,23,27)(H,24,26)(H,29,30). The first-order chi connectivity index (χ1) is 14.6. The number of aliphatic hydroxyl groups excluding tert-OH is 1. The van der Waals surface area contributed by atoms with E-state index in [1.807, 2.05) is 6.26 Å². The van der Waals surface area contributed by atoms with Gasteiger partial charge in [0.25, 0.3) is 0 Å². The van der Waals surface area contributed by atoms with Crippen molar-refractivity contribution in [1.82, 2.24) is 25.9 Å². The number of nitrogens with two attached hydrogens (primary N) is 1. The molecule has 0 spiro atoms. The second kappa shape index (κ2) is 12.9. The highest BCUT2D eigenvalue weighted by Gasteiger charge is 2.30. The number of aliphatic carboxylic acids is 1. The lowest BCUT2D eigenvalue weighted by molar-refractivity contribution is -0.145. The van der Waals surface area contributed by atoms with Gasteiger partial charge >= 0.3 is 5.97 Å². The number of rotatable bonds is 13. The Kier molecular flexibility index (Phi) is 11.0. The van der Waals surface area contributed by atoms with Crippen LogP contribution in [0.3, 0.4) is 0 Å². The number of nitrogens with one attached hydrogen (secondary N) is 4. The fraction of sp³-hybridized carbons (Fsp3) is 0.611. The van der Waals surface area contributed by atoms with Gasteiger partial charge in [-0.05, 0) is 32.3 Å². The third-order valence-electron chi connectivity index (χ3n) is 4.37. The van der Waals surface area contributed by atoms with Crippen LogP contribution in [0.15, 0.2) is 12.5 Å². The van der Waals surface area contributed by atoms with Crippen molar-refractivity contribution in [1.29, 1.82) is 0 Å². The van der Waals surface area contributed by atoms with Crippen molar-refractivity contribution in [2.75, 3.05) is 12.0 Å². The summed E-state index contributed by atoms with van der Waals surface area (Å²) >= 11 is 1.48. The maximum absolute atomic E-state index is 12.7. The molecule has 0 aliphatic rings. The zero-order chi connectivity index (χ0) is 23.6. The van der Waals surface area contributed by atoms with Gasteiger partial charge in [0, 0.05) is 18.3 Å². The Balaban J connectivity index is 2.72. The summed E-state index contributed by atoms with van der Waals surface area (Å²) in [5, 5.41) is 25.7. The normalized spacial score (nSPS) is 15.8.